The SMILES string of the molecule is COc1cc(Br)cc(C=Nc2ccc(C)c(C)c2)c1O. The van der Waals surface area contributed by atoms with E-state index in [1.54, 1.807) is 18.3 Å². The standard InChI is InChI=1S/C16H16BrNO2/c1-10-4-5-14(6-11(10)2)18-9-12-7-13(17)8-15(20-3)16(12)19/h4-9,19H,1-3H3. The highest BCUT2D eigenvalue weighted by Crippen LogP contribution is 2.32. The predicted molar refractivity (Wildman–Crippen MR) is 85.5 cm³/mol. The first-order valence-corrected chi connectivity index (χ1v) is 6.98. The third kappa shape index (κ3) is 3.20. The molecule has 0 unspecified atom stereocenters. The molecule has 0 atom stereocenters. The summed E-state index contributed by atoms with van der Waals surface area (Å²) in [7, 11) is 1.52. The second kappa shape index (κ2) is 6.09. The molecule has 104 valence electrons. The molecular formula is C16H16BrNO2. The van der Waals surface area contributed by atoms with Gasteiger partial charge in [-0.1, -0.05) is 22.0 Å². The Bertz CT molecular complexity index is 666. The van der Waals surface area contributed by atoms with Crippen LogP contribution in [0.2, 0.25) is 0 Å². The number of ether oxygens (including phenoxy) is 1. The maximum absolute atomic E-state index is 10.1. The van der Waals surface area contributed by atoms with Crippen molar-refractivity contribution in [3.63, 3.8) is 0 Å². The number of aliphatic imine (C=N–C) groups is 1. The van der Waals surface area contributed by atoms with Crippen LogP contribution in [0.25, 0.3) is 0 Å². The van der Waals surface area contributed by atoms with E-state index in [0.717, 1.165) is 10.2 Å². The lowest BCUT2D eigenvalue weighted by Gasteiger charge is -2.07. The average molecular weight is 334 g/mol. The van der Waals surface area contributed by atoms with Crippen LogP contribution in [0.3, 0.4) is 0 Å². The van der Waals surface area contributed by atoms with Crippen LogP contribution in [0.1, 0.15) is 16.7 Å². The van der Waals surface area contributed by atoms with Crippen LogP contribution >= 0.6 is 15.9 Å². The quantitative estimate of drug-likeness (QED) is 0.838. The zero-order valence-corrected chi connectivity index (χ0v) is 13.2. The van der Waals surface area contributed by atoms with Crippen LogP contribution in [-0.2, 0) is 0 Å². The number of nitrogens with zero attached hydrogens (tertiary/aromatic N) is 1. The van der Waals surface area contributed by atoms with Crippen molar-refractivity contribution in [3.8, 4) is 11.5 Å². The van der Waals surface area contributed by atoms with Gasteiger partial charge in [0.1, 0.15) is 0 Å². The molecule has 0 heterocycles. The lowest BCUT2D eigenvalue weighted by atomic mass is 10.1. The minimum atomic E-state index is 0.0864. The lowest BCUT2D eigenvalue weighted by Crippen LogP contribution is -1.89. The fourth-order valence-corrected chi connectivity index (χ4v) is 2.25. The molecule has 0 radical (unpaired) electrons. The van der Waals surface area contributed by atoms with E-state index in [1.165, 1.54) is 18.2 Å². The summed E-state index contributed by atoms with van der Waals surface area (Å²) in [5.74, 6) is 0.504. The second-order valence-electron chi connectivity index (χ2n) is 4.57. The van der Waals surface area contributed by atoms with Crippen LogP contribution < -0.4 is 4.74 Å². The molecule has 3 nitrogen and oxygen atoms in total. The normalized spacial score (nSPS) is 11.0. The van der Waals surface area contributed by atoms with Crippen LogP contribution in [0, 0.1) is 13.8 Å². The molecule has 4 heteroatoms. The second-order valence-corrected chi connectivity index (χ2v) is 5.49. The smallest absolute Gasteiger partial charge is 0.166 e. The Morgan fingerprint density at radius 3 is 2.55 bits per heavy atom. The van der Waals surface area contributed by atoms with Gasteiger partial charge in [0.15, 0.2) is 11.5 Å². The summed E-state index contributed by atoms with van der Waals surface area (Å²) in [5.41, 5.74) is 3.88. The van der Waals surface area contributed by atoms with Gasteiger partial charge in [0.2, 0.25) is 0 Å². The van der Waals surface area contributed by atoms with E-state index in [-0.39, 0.29) is 5.75 Å². The number of methoxy groups -OCH3 is 1. The molecule has 0 aliphatic carbocycles. The topological polar surface area (TPSA) is 41.8 Å². The molecule has 1 N–H and O–H groups in total. The number of halogens is 1. The minimum Gasteiger partial charge on any atom is -0.504 e. The van der Waals surface area contributed by atoms with Crippen molar-refractivity contribution in [2.75, 3.05) is 7.11 Å². The van der Waals surface area contributed by atoms with Crippen LogP contribution in [0.15, 0.2) is 39.8 Å². The molecule has 0 spiro atoms. The Balaban J connectivity index is 2.36. The van der Waals surface area contributed by atoms with E-state index in [2.05, 4.69) is 27.8 Å². The summed E-state index contributed by atoms with van der Waals surface area (Å²) >= 11 is 3.38. The lowest BCUT2D eigenvalue weighted by molar-refractivity contribution is 0.373. The number of hydrogen-bond acceptors (Lipinski definition) is 3. The largest absolute Gasteiger partial charge is 0.504 e. The van der Waals surface area contributed by atoms with Gasteiger partial charge < -0.3 is 9.84 Å². The van der Waals surface area contributed by atoms with Gasteiger partial charge in [0.05, 0.1) is 12.8 Å². The summed E-state index contributed by atoms with van der Waals surface area (Å²) in [6.45, 7) is 4.11. The van der Waals surface area contributed by atoms with Crippen LogP contribution in [0.4, 0.5) is 5.69 Å². The summed E-state index contributed by atoms with van der Waals surface area (Å²) in [4.78, 5) is 4.39. The summed E-state index contributed by atoms with van der Waals surface area (Å²) < 4.78 is 5.94. The van der Waals surface area contributed by atoms with Crippen molar-refractivity contribution in [2.24, 2.45) is 4.99 Å². The predicted octanol–water partition coefficient (Wildman–Crippen LogP) is 4.53. The van der Waals surface area contributed by atoms with Crippen molar-refractivity contribution >= 4 is 27.8 Å². The number of phenolic OH excluding ortho intramolecular Hbond substituents is 1. The molecular weight excluding hydrogens is 318 g/mol. The maximum atomic E-state index is 10.1. The van der Waals surface area contributed by atoms with Gasteiger partial charge in [0.25, 0.3) is 0 Å². The van der Waals surface area contributed by atoms with Crippen molar-refractivity contribution in [1.29, 1.82) is 0 Å². The monoisotopic (exact) mass is 333 g/mol. The Morgan fingerprint density at radius 1 is 1.15 bits per heavy atom. The zero-order valence-electron chi connectivity index (χ0n) is 11.6. The van der Waals surface area contributed by atoms with Gasteiger partial charge in [-0.3, -0.25) is 4.99 Å². The van der Waals surface area contributed by atoms with E-state index in [1.807, 2.05) is 25.1 Å². The average Bonchev–Trinajstić information content (AvgIpc) is 2.43. The Morgan fingerprint density at radius 2 is 1.90 bits per heavy atom. The number of benzene rings is 2. The zero-order chi connectivity index (χ0) is 14.7. The molecule has 0 bridgehead atoms. The third-order valence-corrected chi connectivity index (χ3v) is 3.59. The molecule has 0 saturated heterocycles. The van der Waals surface area contributed by atoms with E-state index in [0.29, 0.717) is 11.3 Å². The summed E-state index contributed by atoms with van der Waals surface area (Å²) in [6.07, 6.45) is 1.63. The highest BCUT2D eigenvalue weighted by Gasteiger charge is 2.08. The van der Waals surface area contributed by atoms with Crippen molar-refractivity contribution in [1.82, 2.24) is 0 Å². The maximum Gasteiger partial charge on any atom is 0.166 e. The highest BCUT2D eigenvalue weighted by atomic mass is 79.9. The summed E-state index contributed by atoms with van der Waals surface area (Å²) in [6, 6.07) is 9.50. The third-order valence-electron chi connectivity index (χ3n) is 3.13. The fraction of sp³-hybridized carbons (Fsp3) is 0.188. The number of aromatic hydroxyl groups is 1. The van der Waals surface area contributed by atoms with Gasteiger partial charge in [-0.25, -0.2) is 0 Å². The van der Waals surface area contributed by atoms with Gasteiger partial charge in [-0.05, 0) is 49.2 Å². The fourth-order valence-electron chi connectivity index (χ4n) is 1.80. The molecule has 2 aromatic rings. The Hall–Kier alpha value is -1.81. The Labute approximate surface area is 127 Å². The number of rotatable bonds is 3. The number of aryl methyl sites for hydroxylation is 2. The van der Waals surface area contributed by atoms with Crippen LogP contribution in [0.5, 0.6) is 11.5 Å². The van der Waals surface area contributed by atoms with E-state index < -0.39 is 0 Å². The van der Waals surface area contributed by atoms with Gasteiger partial charge in [0, 0.05) is 16.3 Å². The van der Waals surface area contributed by atoms with E-state index in [9.17, 15) is 5.11 Å². The van der Waals surface area contributed by atoms with Gasteiger partial charge in [-0.15, -0.1) is 0 Å². The van der Waals surface area contributed by atoms with Crippen molar-refractivity contribution < 1.29 is 9.84 Å². The minimum absolute atomic E-state index is 0.0864. The first kappa shape index (κ1) is 14.6. The van der Waals surface area contributed by atoms with Crippen molar-refractivity contribution in [2.45, 2.75) is 13.8 Å². The van der Waals surface area contributed by atoms with Crippen molar-refractivity contribution in [3.05, 3.63) is 51.5 Å². The molecule has 0 aromatic heterocycles. The summed E-state index contributed by atoms with van der Waals surface area (Å²) in [5, 5.41) is 10.1. The highest BCUT2D eigenvalue weighted by molar-refractivity contribution is 9.10. The molecule has 0 saturated carbocycles. The number of hydrogen-bond donors (Lipinski definition) is 1. The Kier molecular flexibility index (Phi) is 4.45. The molecule has 20 heavy (non-hydrogen) atoms. The molecule has 0 amide bonds. The number of phenols is 1. The van der Waals surface area contributed by atoms with Gasteiger partial charge >= 0.3 is 0 Å². The molecule has 0 fully saturated rings. The van der Waals surface area contributed by atoms with Crippen LogP contribution in [-0.4, -0.2) is 18.4 Å². The molecule has 2 rings (SSSR count). The first-order valence-electron chi connectivity index (χ1n) is 6.19. The molecule has 2 aromatic carbocycles. The first-order chi connectivity index (χ1) is 9.51. The van der Waals surface area contributed by atoms with E-state index >= 15 is 0 Å². The molecule has 0 aliphatic rings. The molecule has 0 aliphatic heterocycles. The van der Waals surface area contributed by atoms with E-state index in [4.69, 9.17) is 4.74 Å². The van der Waals surface area contributed by atoms with Gasteiger partial charge in [-0.2, -0.15) is 0 Å².